The second kappa shape index (κ2) is 8.84. The summed E-state index contributed by atoms with van der Waals surface area (Å²) in [5.74, 6) is 1.53. The van der Waals surface area contributed by atoms with E-state index in [-0.39, 0.29) is 41.1 Å². The van der Waals surface area contributed by atoms with Gasteiger partial charge < -0.3 is 14.8 Å². The maximum atomic E-state index is 13.0. The number of amides is 1. The maximum absolute atomic E-state index is 13.0. The van der Waals surface area contributed by atoms with Crippen LogP contribution in [0.3, 0.4) is 0 Å². The fourth-order valence-electron chi connectivity index (χ4n) is 7.39. The van der Waals surface area contributed by atoms with E-state index in [1.165, 1.54) is 23.4 Å². The lowest BCUT2D eigenvalue weighted by Gasteiger charge is -2.48. The number of carbonyl (C=O) groups is 2. The Morgan fingerprint density at radius 2 is 2.11 bits per heavy atom. The third kappa shape index (κ3) is 3.78. The van der Waals surface area contributed by atoms with Gasteiger partial charge in [0.15, 0.2) is 5.78 Å². The van der Waals surface area contributed by atoms with Gasteiger partial charge in [-0.1, -0.05) is 19.1 Å². The molecule has 1 amide bonds. The van der Waals surface area contributed by atoms with Gasteiger partial charge in [0.1, 0.15) is 11.9 Å². The van der Waals surface area contributed by atoms with Gasteiger partial charge in [-0.2, -0.15) is 0 Å². The molecule has 6 nitrogen and oxygen atoms in total. The molecule has 1 N–H and O–H groups in total. The summed E-state index contributed by atoms with van der Waals surface area (Å²) in [4.78, 5) is 28.7. The number of hydrogen-bond donors (Lipinski definition) is 1. The van der Waals surface area contributed by atoms with Crippen LogP contribution < -0.4 is 5.32 Å². The Hall–Kier alpha value is -2.99. The molecule has 1 aromatic heterocycles. The summed E-state index contributed by atoms with van der Waals surface area (Å²) in [6, 6.07) is 8.79. The first kappa shape index (κ1) is 23.4. The molecule has 2 heterocycles. The Labute approximate surface area is 212 Å². The molecule has 1 aliphatic heterocycles. The number of nitrogens with zero attached hydrogens (tertiary/aromatic N) is 1. The molecular weight excluding hydrogens is 452 g/mol. The minimum atomic E-state index is -0.0657. The van der Waals surface area contributed by atoms with E-state index < -0.39 is 0 Å². The first-order valence-electron chi connectivity index (χ1n) is 13.1. The smallest absolute Gasteiger partial charge is 0.216 e. The Kier molecular flexibility index (Phi) is 5.75. The fourth-order valence-corrected chi connectivity index (χ4v) is 7.39. The number of Topliss-reactive ketones (excluding diaryl/α,β-unsaturated/α-hetero) is 1. The van der Waals surface area contributed by atoms with Crippen LogP contribution in [0.2, 0.25) is 0 Å². The summed E-state index contributed by atoms with van der Waals surface area (Å²) in [7, 11) is 1.83. The Morgan fingerprint density at radius 1 is 1.25 bits per heavy atom. The molecule has 0 bridgehead atoms. The van der Waals surface area contributed by atoms with Gasteiger partial charge in [-0.05, 0) is 65.3 Å². The summed E-state index contributed by atoms with van der Waals surface area (Å²) < 4.78 is 12.9. The van der Waals surface area contributed by atoms with E-state index in [1.807, 2.05) is 19.5 Å². The molecule has 6 atom stereocenters. The van der Waals surface area contributed by atoms with Crippen LogP contribution in [-0.2, 0) is 19.1 Å². The number of methoxy groups -OCH3 is 1. The van der Waals surface area contributed by atoms with Crippen LogP contribution >= 0.6 is 0 Å². The first-order valence-corrected chi connectivity index (χ1v) is 13.1. The lowest BCUT2D eigenvalue weighted by molar-refractivity contribution is -0.121. The van der Waals surface area contributed by atoms with Gasteiger partial charge >= 0.3 is 0 Å². The molecule has 1 aromatic carbocycles. The highest BCUT2D eigenvalue weighted by atomic mass is 16.5. The molecule has 36 heavy (non-hydrogen) atoms. The SMILES string of the molecule is CO[C@@H]1C[C@H]2[C@@H]3OC4=C(C=C3CC[C@]2(C)[C@H]1c1ccc2ccncc2c1)C(=O)CC(CNC(C)=O)C4. The Balaban J connectivity index is 1.30. The topological polar surface area (TPSA) is 77.5 Å². The summed E-state index contributed by atoms with van der Waals surface area (Å²) >= 11 is 0. The highest BCUT2D eigenvalue weighted by Gasteiger charge is 2.59. The van der Waals surface area contributed by atoms with E-state index in [0.717, 1.165) is 36.0 Å². The van der Waals surface area contributed by atoms with E-state index in [4.69, 9.17) is 9.47 Å². The van der Waals surface area contributed by atoms with Gasteiger partial charge in [-0.25, -0.2) is 0 Å². The number of benzene rings is 1. The standard InChI is InChI=1S/C30H34N2O4/c1-17(33)32-15-18-10-25(34)23-13-21-6-8-30(2)24(29(21)36-26(23)11-18)14-27(35-3)28(30)20-5-4-19-7-9-31-16-22(19)12-20/h4-5,7,9,12-13,16,18,24,27-29H,6,8,10-11,14-15H2,1-3H3,(H,32,33)/t18?,24-,27+,28-,29+,30-/m0/s1. The third-order valence-electron chi connectivity index (χ3n) is 9.21. The van der Waals surface area contributed by atoms with Crippen molar-refractivity contribution in [2.24, 2.45) is 17.3 Å². The van der Waals surface area contributed by atoms with Crippen LogP contribution in [0.1, 0.15) is 57.4 Å². The molecule has 2 aromatic rings. The highest BCUT2D eigenvalue weighted by molar-refractivity contribution is 6.00. The Morgan fingerprint density at radius 3 is 2.92 bits per heavy atom. The number of hydrogen-bond acceptors (Lipinski definition) is 5. The highest BCUT2D eigenvalue weighted by Crippen LogP contribution is 2.62. The molecule has 0 radical (unpaired) electrons. The number of nitrogens with one attached hydrogen (secondary N) is 1. The average Bonchev–Trinajstić information content (AvgIpc) is 3.19. The van der Waals surface area contributed by atoms with Gasteiger partial charge in [0.05, 0.1) is 11.7 Å². The van der Waals surface area contributed by atoms with Crippen molar-refractivity contribution in [1.29, 1.82) is 0 Å². The van der Waals surface area contributed by atoms with Crippen LogP contribution in [0.25, 0.3) is 10.8 Å². The summed E-state index contributed by atoms with van der Waals surface area (Å²) in [6.45, 7) is 4.43. The van der Waals surface area contributed by atoms with Crippen LogP contribution in [0.4, 0.5) is 0 Å². The van der Waals surface area contributed by atoms with E-state index in [9.17, 15) is 9.59 Å². The van der Waals surface area contributed by atoms with Crippen molar-refractivity contribution in [2.75, 3.05) is 13.7 Å². The number of ketones is 1. The van der Waals surface area contributed by atoms with Crippen LogP contribution in [0.15, 0.2) is 59.6 Å². The Bertz CT molecular complexity index is 1300. The minimum Gasteiger partial charge on any atom is -0.489 e. The largest absolute Gasteiger partial charge is 0.489 e. The number of rotatable bonds is 4. The predicted molar refractivity (Wildman–Crippen MR) is 137 cm³/mol. The molecule has 2 saturated carbocycles. The molecule has 2 fully saturated rings. The lowest BCUT2D eigenvalue weighted by Crippen LogP contribution is -2.44. The van der Waals surface area contributed by atoms with Gasteiger partial charge in [0.2, 0.25) is 5.91 Å². The van der Waals surface area contributed by atoms with Gasteiger partial charge in [-0.3, -0.25) is 14.6 Å². The van der Waals surface area contributed by atoms with Crippen LogP contribution in [0.5, 0.6) is 0 Å². The number of allylic oxidation sites excluding steroid dienone is 3. The molecule has 6 rings (SSSR count). The van der Waals surface area contributed by atoms with Gasteiger partial charge in [0, 0.05) is 63.0 Å². The number of ether oxygens (including phenoxy) is 2. The minimum absolute atomic E-state index is 0.0187. The van der Waals surface area contributed by atoms with Crippen molar-refractivity contribution in [1.82, 2.24) is 10.3 Å². The quantitative estimate of drug-likeness (QED) is 0.669. The van der Waals surface area contributed by atoms with Crippen molar-refractivity contribution in [3.63, 3.8) is 0 Å². The molecule has 4 aliphatic rings. The van der Waals surface area contributed by atoms with E-state index >= 15 is 0 Å². The number of fused-ring (bicyclic) bond motifs is 4. The lowest BCUT2D eigenvalue weighted by atomic mass is 9.61. The van der Waals surface area contributed by atoms with E-state index in [2.05, 4.69) is 47.6 Å². The summed E-state index contributed by atoms with van der Waals surface area (Å²) in [5.41, 5.74) is 3.33. The average molecular weight is 487 g/mol. The molecule has 0 saturated heterocycles. The fraction of sp³-hybridized carbons (Fsp3) is 0.500. The molecular formula is C30H34N2O4. The van der Waals surface area contributed by atoms with Crippen molar-refractivity contribution >= 4 is 22.5 Å². The van der Waals surface area contributed by atoms with Crippen LogP contribution in [-0.4, -0.2) is 42.5 Å². The predicted octanol–water partition coefficient (Wildman–Crippen LogP) is 4.85. The zero-order valence-corrected chi connectivity index (χ0v) is 21.3. The molecule has 3 aliphatic carbocycles. The molecule has 0 spiro atoms. The molecule has 6 heteroatoms. The first-order chi connectivity index (χ1) is 17.4. The zero-order valence-electron chi connectivity index (χ0n) is 21.3. The number of pyridine rings is 1. The third-order valence-corrected chi connectivity index (χ3v) is 9.21. The normalized spacial score (nSPS) is 33.4. The van der Waals surface area contributed by atoms with Crippen molar-refractivity contribution in [3.8, 4) is 0 Å². The number of aromatic nitrogens is 1. The van der Waals surface area contributed by atoms with E-state index in [1.54, 1.807) is 0 Å². The summed E-state index contributed by atoms with van der Waals surface area (Å²) in [6.07, 6.45) is 10.0. The van der Waals surface area contributed by atoms with Crippen molar-refractivity contribution in [3.05, 3.63) is 65.2 Å². The second-order valence-corrected chi connectivity index (χ2v) is 11.3. The molecule has 1 unspecified atom stereocenters. The van der Waals surface area contributed by atoms with Crippen molar-refractivity contribution < 1.29 is 19.1 Å². The summed E-state index contributed by atoms with van der Waals surface area (Å²) in [5, 5.41) is 5.23. The second-order valence-electron chi connectivity index (χ2n) is 11.3. The molecule has 188 valence electrons. The van der Waals surface area contributed by atoms with Gasteiger partial charge in [-0.15, -0.1) is 0 Å². The van der Waals surface area contributed by atoms with Crippen LogP contribution in [0, 0.1) is 17.3 Å². The van der Waals surface area contributed by atoms with Crippen molar-refractivity contribution in [2.45, 2.75) is 64.1 Å². The zero-order chi connectivity index (χ0) is 25.0. The van der Waals surface area contributed by atoms with Gasteiger partial charge in [0.25, 0.3) is 0 Å². The maximum Gasteiger partial charge on any atom is 0.216 e. The van der Waals surface area contributed by atoms with E-state index in [0.29, 0.717) is 25.3 Å². The monoisotopic (exact) mass is 486 g/mol. The number of carbonyl (C=O) groups excluding carboxylic acids is 2.